The molecule has 0 fully saturated rings. The minimum absolute atomic E-state index is 0.0880. The summed E-state index contributed by atoms with van der Waals surface area (Å²) < 4.78 is 0. The van der Waals surface area contributed by atoms with Gasteiger partial charge in [-0.3, -0.25) is 4.79 Å². The molecule has 1 aromatic heterocycles. The Labute approximate surface area is 125 Å². The van der Waals surface area contributed by atoms with Crippen molar-refractivity contribution in [2.24, 2.45) is 0 Å². The zero-order chi connectivity index (χ0) is 15.2. The molecule has 1 amide bonds. The van der Waals surface area contributed by atoms with E-state index in [0.717, 1.165) is 5.56 Å². The lowest BCUT2D eigenvalue weighted by molar-refractivity contribution is 0.0784. The Morgan fingerprint density at radius 2 is 1.81 bits per heavy atom. The normalized spacial score (nSPS) is 10.5. The van der Waals surface area contributed by atoms with Crippen molar-refractivity contribution in [3.63, 3.8) is 0 Å². The van der Waals surface area contributed by atoms with Crippen molar-refractivity contribution in [2.75, 3.05) is 12.4 Å². The molecule has 21 heavy (non-hydrogen) atoms. The molecular weight excluding hydrogens is 264 g/mol. The monoisotopic (exact) mass is 284 g/mol. The summed E-state index contributed by atoms with van der Waals surface area (Å²) in [6.45, 7) is 4.58. The standard InChI is InChI=1S/C16H20N4O/c1-12(2)19-16-17-9-14(10-18-16)15(21)20(3)11-13-7-5-4-6-8-13/h4-10,12H,11H2,1-3H3,(H,17,18,19). The van der Waals surface area contributed by atoms with E-state index in [-0.39, 0.29) is 11.9 Å². The molecule has 1 aromatic carbocycles. The fourth-order valence-electron chi connectivity index (χ4n) is 1.92. The van der Waals surface area contributed by atoms with E-state index in [2.05, 4.69) is 15.3 Å². The number of carbonyl (C=O) groups excluding carboxylic acids is 1. The van der Waals surface area contributed by atoms with Crippen LogP contribution >= 0.6 is 0 Å². The van der Waals surface area contributed by atoms with Crippen LogP contribution in [0.4, 0.5) is 5.95 Å². The summed E-state index contributed by atoms with van der Waals surface area (Å²) in [6.07, 6.45) is 3.11. The van der Waals surface area contributed by atoms with E-state index >= 15 is 0 Å². The minimum atomic E-state index is -0.0880. The average molecular weight is 284 g/mol. The zero-order valence-electron chi connectivity index (χ0n) is 12.6. The molecule has 0 atom stereocenters. The van der Waals surface area contributed by atoms with E-state index < -0.39 is 0 Å². The van der Waals surface area contributed by atoms with Crippen LogP contribution in [-0.2, 0) is 6.54 Å². The second-order valence-electron chi connectivity index (χ2n) is 5.24. The summed E-state index contributed by atoms with van der Waals surface area (Å²) in [5.74, 6) is 0.446. The number of rotatable bonds is 5. The lowest BCUT2D eigenvalue weighted by Gasteiger charge is -2.17. The van der Waals surface area contributed by atoms with Crippen molar-refractivity contribution in [2.45, 2.75) is 26.4 Å². The highest BCUT2D eigenvalue weighted by Gasteiger charge is 2.13. The van der Waals surface area contributed by atoms with Crippen LogP contribution in [0, 0.1) is 0 Å². The number of aromatic nitrogens is 2. The molecule has 2 aromatic rings. The molecule has 5 nitrogen and oxygen atoms in total. The fourth-order valence-corrected chi connectivity index (χ4v) is 1.92. The van der Waals surface area contributed by atoms with Gasteiger partial charge in [-0.2, -0.15) is 0 Å². The number of benzene rings is 1. The van der Waals surface area contributed by atoms with Crippen LogP contribution in [0.1, 0.15) is 29.8 Å². The van der Waals surface area contributed by atoms with Crippen molar-refractivity contribution in [1.82, 2.24) is 14.9 Å². The number of hydrogen-bond acceptors (Lipinski definition) is 4. The molecule has 5 heteroatoms. The van der Waals surface area contributed by atoms with Gasteiger partial charge in [-0.15, -0.1) is 0 Å². The van der Waals surface area contributed by atoms with Gasteiger partial charge < -0.3 is 10.2 Å². The predicted molar refractivity (Wildman–Crippen MR) is 83.0 cm³/mol. The highest BCUT2D eigenvalue weighted by molar-refractivity contribution is 5.93. The molecule has 1 N–H and O–H groups in total. The zero-order valence-corrected chi connectivity index (χ0v) is 12.6. The number of carbonyl (C=O) groups is 1. The number of amides is 1. The SMILES string of the molecule is CC(C)Nc1ncc(C(=O)N(C)Cc2ccccc2)cn1. The van der Waals surface area contributed by atoms with Crippen LogP contribution in [0.5, 0.6) is 0 Å². The van der Waals surface area contributed by atoms with E-state index in [1.807, 2.05) is 44.2 Å². The van der Waals surface area contributed by atoms with Gasteiger partial charge >= 0.3 is 0 Å². The Kier molecular flexibility index (Phi) is 4.87. The number of anilines is 1. The molecule has 2 rings (SSSR count). The van der Waals surface area contributed by atoms with Crippen LogP contribution < -0.4 is 5.32 Å². The third kappa shape index (κ3) is 4.27. The number of hydrogen-bond donors (Lipinski definition) is 1. The van der Waals surface area contributed by atoms with E-state index in [1.54, 1.807) is 24.3 Å². The minimum Gasteiger partial charge on any atom is -0.352 e. The molecule has 0 saturated heterocycles. The third-order valence-corrected chi connectivity index (χ3v) is 2.93. The molecule has 0 aliphatic heterocycles. The molecule has 0 unspecified atom stereocenters. The Balaban J connectivity index is 2.02. The Hall–Kier alpha value is -2.43. The van der Waals surface area contributed by atoms with Crippen molar-refractivity contribution in [3.05, 3.63) is 53.9 Å². The first-order valence-electron chi connectivity index (χ1n) is 6.94. The van der Waals surface area contributed by atoms with Gasteiger partial charge in [0, 0.05) is 32.0 Å². The summed E-state index contributed by atoms with van der Waals surface area (Å²) >= 11 is 0. The van der Waals surface area contributed by atoms with Gasteiger partial charge in [0.15, 0.2) is 0 Å². The van der Waals surface area contributed by atoms with Gasteiger partial charge in [0.25, 0.3) is 5.91 Å². The quantitative estimate of drug-likeness (QED) is 0.916. The molecule has 1 heterocycles. The molecular formula is C16H20N4O. The second kappa shape index (κ2) is 6.83. The van der Waals surface area contributed by atoms with Gasteiger partial charge in [-0.05, 0) is 19.4 Å². The first-order chi connectivity index (χ1) is 10.1. The smallest absolute Gasteiger partial charge is 0.257 e. The second-order valence-corrected chi connectivity index (χ2v) is 5.24. The van der Waals surface area contributed by atoms with Gasteiger partial charge in [-0.25, -0.2) is 9.97 Å². The van der Waals surface area contributed by atoms with Crippen LogP contribution in [0.3, 0.4) is 0 Å². The summed E-state index contributed by atoms with van der Waals surface area (Å²) in [7, 11) is 1.77. The summed E-state index contributed by atoms with van der Waals surface area (Å²) in [6, 6.07) is 10.1. The Morgan fingerprint density at radius 3 is 2.38 bits per heavy atom. The van der Waals surface area contributed by atoms with Crippen molar-refractivity contribution < 1.29 is 4.79 Å². The summed E-state index contributed by atoms with van der Waals surface area (Å²) in [5.41, 5.74) is 1.58. The molecule has 0 spiro atoms. The fraction of sp³-hybridized carbons (Fsp3) is 0.312. The van der Waals surface area contributed by atoms with Gasteiger partial charge in [0.1, 0.15) is 0 Å². The molecule has 0 aliphatic rings. The lowest BCUT2D eigenvalue weighted by Crippen LogP contribution is -2.26. The van der Waals surface area contributed by atoms with E-state index in [1.165, 1.54) is 0 Å². The lowest BCUT2D eigenvalue weighted by atomic mass is 10.2. The van der Waals surface area contributed by atoms with Crippen molar-refractivity contribution in [1.29, 1.82) is 0 Å². The van der Waals surface area contributed by atoms with Gasteiger partial charge in [0.05, 0.1) is 5.56 Å². The topological polar surface area (TPSA) is 58.1 Å². The first kappa shape index (κ1) is 15.0. The van der Waals surface area contributed by atoms with Crippen LogP contribution in [0.15, 0.2) is 42.7 Å². The molecule has 0 bridgehead atoms. The summed E-state index contributed by atoms with van der Waals surface area (Å²) in [4.78, 5) is 22.3. The molecule has 110 valence electrons. The van der Waals surface area contributed by atoms with Gasteiger partial charge in [0.2, 0.25) is 5.95 Å². The van der Waals surface area contributed by atoms with E-state index in [4.69, 9.17) is 0 Å². The van der Waals surface area contributed by atoms with Crippen LogP contribution in [0.2, 0.25) is 0 Å². The molecule has 0 saturated carbocycles. The predicted octanol–water partition coefficient (Wildman–Crippen LogP) is 2.57. The molecule has 0 radical (unpaired) electrons. The maximum Gasteiger partial charge on any atom is 0.257 e. The largest absolute Gasteiger partial charge is 0.352 e. The van der Waals surface area contributed by atoms with Crippen LogP contribution in [-0.4, -0.2) is 33.9 Å². The maximum atomic E-state index is 12.3. The Morgan fingerprint density at radius 1 is 1.19 bits per heavy atom. The number of nitrogens with one attached hydrogen (secondary N) is 1. The molecule has 0 aliphatic carbocycles. The van der Waals surface area contributed by atoms with Crippen LogP contribution in [0.25, 0.3) is 0 Å². The van der Waals surface area contributed by atoms with Crippen molar-refractivity contribution >= 4 is 11.9 Å². The Bertz CT molecular complexity index is 581. The van der Waals surface area contributed by atoms with Crippen molar-refractivity contribution in [3.8, 4) is 0 Å². The van der Waals surface area contributed by atoms with E-state index in [0.29, 0.717) is 18.1 Å². The highest BCUT2D eigenvalue weighted by atomic mass is 16.2. The number of nitrogens with zero attached hydrogens (tertiary/aromatic N) is 3. The highest BCUT2D eigenvalue weighted by Crippen LogP contribution is 2.08. The average Bonchev–Trinajstić information content (AvgIpc) is 2.47. The maximum absolute atomic E-state index is 12.3. The third-order valence-electron chi connectivity index (χ3n) is 2.93. The van der Waals surface area contributed by atoms with E-state index in [9.17, 15) is 4.79 Å². The first-order valence-corrected chi connectivity index (χ1v) is 6.94. The van der Waals surface area contributed by atoms with Gasteiger partial charge in [-0.1, -0.05) is 30.3 Å². The summed E-state index contributed by atoms with van der Waals surface area (Å²) in [5, 5.41) is 3.09.